The Kier molecular flexibility index (Phi) is 4.73. The van der Waals surface area contributed by atoms with Gasteiger partial charge in [-0.3, -0.25) is 4.79 Å². The van der Waals surface area contributed by atoms with Gasteiger partial charge in [-0.1, -0.05) is 34.3 Å². The Morgan fingerprint density at radius 2 is 2.12 bits per heavy atom. The summed E-state index contributed by atoms with van der Waals surface area (Å²) in [6.45, 7) is 12.1. The van der Waals surface area contributed by atoms with Crippen LogP contribution in [0.2, 0.25) is 0 Å². The minimum Gasteiger partial charge on any atom is -0.462 e. The molecule has 1 saturated heterocycles. The molecule has 1 N–H and O–H groups in total. The number of hydrogen-bond donors (Lipinski definition) is 1. The van der Waals surface area contributed by atoms with Gasteiger partial charge < -0.3 is 14.6 Å². The molecule has 5 nitrogen and oxygen atoms in total. The second-order valence-corrected chi connectivity index (χ2v) is 8.90. The smallest absolute Gasteiger partial charge is 0.334 e. The molecule has 1 heterocycles. The van der Waals surface area contributed by atoms with Crippen LogP contribution in [0.5, 0.6) is 0 Å². The van der Waals surface area contributed by atoms with Crippen molar-refractivity contribution in [2.24, 2.45) is 29.1 Å². The summed E-state index contributed by atoms with van der Waals surface area (Å²) in [5.41, 5.74) is 0.116. The standard InChI is InChI=1S/C20H30O5/c1-10(2)6-17(22)24-15-8-16(21)20(5)9-13-12(4)19(23)25-14(13)7-11(3)18(15)20/h10-11,13-16,18,21H,4,6-9H2,1-3,5H3. The number of carbonyl (C=O) groups excluding carboxylic acids is 2. The zero-order valence-electron chi connectivity index (χ0n) is 15.7. The van der Waals surface area contributed by atoms with Crippen molar-refractivity contribution in [2.75, 3.05) is 0 Å². The molecule has 2 aliphatic carbocycles. The first-order valence-electron chi connectivity index (χ1n) is 9.40. The van der Waals surface area contributed by atoms with Crippen molar-refractivity contribution in [1.29, 1.82) is 0 Å². The predicted octanol–water partition coefficient (Wildman–Crippen LogP) is 2.86. The maximum atomic E-state index is 12.2. The van der Waals surface area contributed by atoms with Crippen molar-refractivity contribution in [1.82, 2.24) is 0 Å². The third-order valence-corrected chi connectivity index (χ3v) is 6.53. The van der Waals surface area contributed by atoms with Crippen molar-refractivity contribution < 1.29 is 24.2 Å². The van der Waals surface area contributed by atoms with Gasteiger partial charge in [0.1, 0.15) is 12.2 Å². The van der Waals surface area contributed by atoms with Crippen LogP contribution in [-0.2, 0) is 19.1 Å². The summed E-state index contributed by atoms with van der Waals surface area (Å²) >= 11 is 0. The van der Waals surface area contributed by atoms with Crippen LogP contribution in [0, 0.1) is 29.1 Å². The number of carbonyl (C=O) groups is 2. The van der Waals surface area contributed by atoms with E-state index in [4.69, 9.17) is 9.47 Å². The van der Waals surface area contributed by atoms with Gasteiger partial charge in [0.25, 0.3) is 0 Å². The Hall–Kier alpha value is -1.36. The molecule has 3 rings (SSSR count). The molecule has 5 heteroatoms. The minimum absolute atomic E-state index is 0.0512. The molecule has 2 saturated carbocycles. The highest BCUT2D eigenvalue weighted by Gasteiger charge is 2.60. The van der Waals surface area contributed by atoms with Crippen LogP contribution >= 0.6 is 0 Å². The number of esters is 2. The van der Waals surface area contributed by atoms with Crippen molar-refractivity contribution in [2.45, 2.75) is 71.7 Å². The molecule has 0 radical (unpaired) electrons. The fraction of sp³-hybridized carbons (Fsp3) is 0.800. The van der Waals surface area contributed by atoms with Gasteiger partial charge in [-0.25, -0.2) is 4.79 Å². The molecular weight excluding hydrogens is 320 g/mol. The van der Waals surface area contributed by atoms with Crippen LogP contribution < -0.4 is 0 Å². The van der Waals surface area contributed by atoms with Crippen molar-refractivity contribution in [3.05, 3.63) is 12.2 Å². The first-order chi connectivity index (χ1) is 11.6. The van der Waals surface area contributed by atoms with Gasteiger partial charge in [0.15, 0.2) is 0 Å². The van der Waals surface area contributed by atoms with E-state index in [9.17, 15) is 14.7 Å². The van der Waals surface area contributed by atoms with E-state index in [0.29, 0.717) is 24.8 Å². The highest BCUT2D eigenvalue weighted by Crippen LogP contribution is 2.57. The highest BCUT2D eigenvalue weighted by molar-refractivity contribution is 5.90. The maximum absolute atomic E-state index is 12.2. The molecule has 3 fully saturated rings. The Morgan fingerprint density at radius 3 is 2.76 bits per heavy atom. The van der Waals surface area contributed by atoms with E-state index in [0.717, 1.165) is 6.42 Å². The third kappa shape index (κ3) is 3.12. The Morgan fingerprint density at radius 1 is 1.44 bits per heavy atom. The molecule has 7 atom stereocenters. The lowest BCUT2D eigenvalue weighted by Gasteiger charge is -2.38. The quantitative estimate of drug-likeness (QED) is 0.626. The van der Waals surface area contributed by atoms with E-state index in [1.54, 1.807) is 0 Å². The second kappa shape index (κ2) is 6.42. The Bertz CT molecular complexity index is 583. The van der Waals surface area contributed by atoms with Crippen molar-refractivity contribution >= 4 is 11.9 Å². The Labute approximate surface area is 149 Å². The number of aliphatic hydroxyl groups is 1. The average molecular weight is 350 g/mol. The maximum Gasteiger partial charge on any atom is 0.334 e. The van der Waals surface area contributed by atoms with Gasteiger partial charge in [0.2, 0.25) is 0 Å². The predicted molar refractivity (Wildman–Crippen MR) is 92.5 cm³/mol. The van der Waals surface area contributed by atoms with E-state index in [1.807, 2.05) is 13.8 Å². The van der Waals surface area contributed by atoms with Gasteiger partial charge in [0, 0.05) is 35.7 Å². The molecule has 25 heavy (non-hydrogen) atoms. The SMILES string of the molecule is C=C1C(=O)OC2CC(C)C3C(OC(=O)CC(C)C)CC(O)C3(C)CC12. The molecule has 140 valence electrons. The fourth-order valence-electron chi connectivity index (χ4n) is 5.37. The molecule has 0 bridgehead atoms. The summed E-state index contributed by atoms with van der Waals surface area (Å²) in [5, 5.41) is 10.8. The molecule has 0 spiro atoms. The number of ether oxygens (including phenoxy) is 2. The van der Waals surface area contributed by atoms with Crippen LogP contribution in [-0.4, -0.2) is 35.4 Å². The van der Waals surface area contributed by atoms with Gasteiger partial charge in [0.05, 0.1) is 6.10 Å². The molecular formula is C20H30O5. The van der Waals surface area contributed by atoms with E-state index in [2.05, 4.69) is 20.4 Å². The molecule has 3 aliphatic rings. The molecule has 0 aromatic heterocycles. The van der Waals surface area contributed by atoms with Crippen molar-refractivity contribution in [3.8, 4) is 0 Å². The van der Waals surface area contributed by atoms with E-state index < -0.39 is 11.5 Å². The van der Waals surface area contributed by atoms with E-state index >= 15 is 0 Å². The van der Waals surface area contributed by atoms with Crippen LogP contribution in [0.3, 0.4) is 0 Å². The molecule has 7 unspecified atom stereocenters. The van der Waals surface area contributed by atoms with Crippen LogP contribution in [0.1, 0.15) is 53.4 Å². The van der Waals surface area contributed by atoms with E-state index in [-0.39, 0.29) is 47.8 Å². The number of fused-ring (bicyclic) bond motifs is 2. The Balaban J connectivity index is 1.84. The number of aliphatic hydroxyl groups excluding tert-OH is 1. The second-order valence-electron chi connectivity index (χ2n) is 8.90. The van der Waals surface area contributed by atoms with Crippen LogP contribution in [0.4, 0.5) is 0 Å². The van der Waals surface area contributed by atoms with Gasteiger partial charge >= 0.3 is 11.9 Å². The lowest BCUT2D eigenvalue weighted by atomic mass is 9.69. The largest absolute Gasteiger partial charge is 0.462 e. The van der Waals surface area contributed by atoms with Crippen LogP contribution in [0.25, 0.3) is 0 Å². The topological polar surface area (TPSA) is 72.8 Å². The zero-order valence-corrected chi connectivity index (χ0v) is 15.7. The molecule has 0 amide bonds. The summed E-state index contributed by atoms with van der Waals surface area (Å²) in [7, 11) is 0. The monoisotopic (exact) mass is 350 g/mol. The molecule has 1 aliphatic heterocycles. The molecule has 0 aromatic carbocycles. The van der Waals surface area contributed by atoms with E-state index in [1.165, 1.54) is 0 Å². The fourth-order valence-corrected chi connectivity index (χ4v) is 5.37. The highest BCUT2D eigenvalue weighted by atomic mass is 16.6. The first-order valence-corrected chi connectivity index (χ1v) is 9.40. The zero-order chi connectivity index (χ0) is 18.5. The van der Waals surface area contributed by atoms with Gasteiger partial charge in [-0.15, -0.1) is 0 Å². The number of hydrogen-bond acceptors (Lipinski definition) is 5. The third-order valence-electron chi connectivity index (χ3n) is 6.53. The van der Waals surface area contributed by atoms with Crippen molar-refractivity contribution in [3.63, 3.8) is 0 Å². The molecule has 0 aromatic rings. The summed E-state index contributed by atoms with van der Waals surface area (Å²) < 4.78 is 11.3. The number of rotatable bonds is 3. The van der Waals surface area contributed by atoms with Gasteiger partial charge in [-0.2, -0.15) is 0 Å². The van der Waals surface area contributed by atoms with Gasteiger partial charge in [-0.05, 0) is 24.7 Å². The average Bonchev–Trinajstić information content (AvgIpc) is 2.81. The van der Waals surface area contributed by atoms with Crippen LogP contribution in [0.15, 0.2) is 12.2 Å². The normalized spacial score (nSPS) is 43.4. The minimum atomic E-state index is -0.556. The summed E-state index contributed by atoms with van der Waals surface area (Å²) in [6.07, 6.45) is 1.23. The summed E-state index contributed by atoms with van der Waals surface area (Å²) in [4.78, 5) is 24.1. The lowest BCUT2D eigenvalue weighted by Crippen LogP contribution is -2.39. The summed E-state index contributed by atoms with van der Waals surface area (Å²) in [5.74, 6) is -0.0485. The first kappa shape index (κ1) is 18.4. The summed E-state index contributed by atoms with van der Waals surface area (Å²) in [6, 6.07) is 0. The lowest BCUT2D eigenvalue weighted by molar-refractivity contribution is -0.153.